The molecule has 1 amide bonds. The number of sulfonamides is 1. The van der Waals surface area contributed by atoms with E-state index in [0.717, 1.165) is 6.42 Å². The van der Waals surface area contributed by atoms with Crippen molar-refractivity contribution in [2.75, 3.05) is 26.7 Å². The van der Waals surface area contributed by atoms with Gasteiger partial charge in [0.15, 0.2) is 0 Å². The molecule has 1 saturated heterocycles. The molecule has 1 aliphatic rings. The highest BCUT2D eigenvalue weighted by atomic mass is 32.2. The number of hydrogen-bond acceptors (Lipinski definition) is 4. The Bertz CT molecular complexity index is 628. The van der Waals surface area contributed by atoms with Crippen molar-refractivity contribution in [2.45, 2.75) is 18.2 Å². The number of nitrogens with zero attached hydrogens (tertiary/aromatic N) is 1. The number of carbonyl (C=O) groups is 1. The summed E-state index contributed by atoms with van der Waals surface area (Å²) in [6.07, 6.45) is 0.817. The molecule has 1 aliphatic heterocycles. The number of benzene rings is 1. The standard InChI is InChI=1S/C15H23N3O3S/c1-11-7-8-18(10-13(11)9-16)22(20,21)14-5-3-12(4-6-14)15(19)17-2/h3-6,11,13H,7-10,16H2,1-2H3,(H,17,19). The summed E-state index contributed by atoms with van der Waals surface area (Å²) in [5.41, 5.74) is 6.18. The lowest BCUT2D eigenvalue weighted by Gasteiger charge is -2.35. The molecule has 2 rings (SSSR count). The molecule has 0 saturated carbocycles. The van der Waals surface area contributed by atoms with E-state index < -0.39 is 10.0 Å². The van der Waals surface area contributed by atoms with Gasteiger partial charge in [-0.05, 0) is 49.1 Å². The maximum atomic E-state index is 12.7. The molecule has 0 aliphatic carbocycles. The van der Waals surface area contributed by atoms with E-state index in [4.69, 9.17) is 5.73 Å². The van der Waals surface area contributed by atoms with Gasteiger partial charge in [-0.25, -0.2) is 8.42 Å². The summed E-state index contributed by atoms with van der Waals surface area (Å²) in [7, 11) is -2.00. The monoisotopic (exact) mass is 325 g/mol. The predicted molar refractivity (Wildman–Crippen MR) is 84.9 cm³/mol. The Hall–Kier alpha value is -1.44. The average molecular weight is 325 g/mol. The molecule has 0 aromatic heterocycles. The SMILES string of the molecule is CNC(=O)c1ccc(S(=O)(=O)N2CCC(C)C(CN)C2)cc1. The van der Waals surface area contributed by atoms with E-state index in [1.165, 1.54) is 35.6 Å². The van der Waals surface area contributed by atoms with Crippen LogP contribution in [0.4, 0.5) is 0 Å². The maximum absolute atomic E-state index is 12.7. The van der Waals surface area contributed by atoms with Crippen LogP contribution >= 0.6 is 0 Å². The molecular weight excluding hydrogens is 302 g/mol. The van der Waals surface area contributed by atoms with Gasteiger partial charge < -0.3 is 11.1 Å². The molecule has 1 heterocycles. The van der Waals surface area contributed by atoms with Crippen LogP contribution in [0.1, 0.15) is 23.7 Å². The van der Waals surface area contributed by atoms with Crippen LogP contribution in [0.5, 0.6) is 0 Å². The minimum absolute atomic E-state index is 0.189. The Morgan fingerprint density at radius 1 is 1.36 bits per heavy atom. The molecule has 122 valence electrons. The van der Waals surface area contributed by atoms with E-state index in [1.54, 1.807) is 0 Å². The third-order valence-corrected chi connectivity index (χ3v) is 6.24. The highest BCUT2D eigenvalue weighted by Gasteiger charge is 2.33. The summed E-state index contributed by atoms with van der Waals surface area (Å²) < 4.78 is 26.9. The van der Waals surface area contributed by atoms with Gasteiger partial charge in [0.05, 0.1) is 4.90 Å². The molecule has 1 aromatic carbocycles. The number of nitrogens with two attached hydrogens (primary N) is 1. The molecule has 3 N–H and O–H groups in total. The Kier molecular flexibility index (Phi) is 5.20. The van der Waals surface area contributed by atoms with Gasteiger partial charge in [-0.2, -0.15) is 4.31 Å². The fraction of sp³-hybridized carbons (Fsp3) is 0.533. The Morgan fingerprint density at radius 2 is 2.00 bits per heavy atom. The highest BCUT2D eigenvalue weighted by molar-refractivity contribution is 7.89. The molecule has 0 radical (unpaired) electrons. The van der Waals surface area contributed by atoms with E-state index >= 15 is 0 Å². The highest BCUT2D eigenvalue weighted by Crippen LogP contribution is 2.27. The second-order valence-corrected chi connectivity index (χ2v) is 7.67. The van der Waals surface area contributed by atoms with Gasteiger partial charge in [0.2, 0.25) is 10.0 Å². The zero-order valence-corrected chi connectivity index (χ0v) is 13.8. The zero-order chi connectivity index (χ0) is 16.3. The second-order valence-electron chi connectivity index (χ2n) is 5.73. The van der Waals surface area contributed by atoms with Crippen molar-refractivity contribution in [3.8, 4) is 0 Å². The van der Waals surface area contributed by atoms with E-state index in [2.05, 4.69) is 12.2 Å². The summed E-state index contributed by atoms with van der Waals surface area (Å²) in [5.74, 6) is 0.389. The molecule has 7 heteroatoms. The van der Waals surface area contributed by atoms with E-state index in [1.807, 2.05) is 0 Å². The van der Waals surface area contributed by atoms with Crippen LogP contribution in [-0.4, -0.2) is 45.3 Å². The first-order valence-corrected chi connectivity index (χ1v) is 8.86. The lowest BCUT2D eigenvalue weighted by Crippen LogP contribution is -2.45. The lowest BCUT2D eigenvalue weighted by molar-refractivity contribution is 0.0963. The van der Waals surface area contributed by atoms with Gasteiger partial charge in [-0.3, -0.25) is 4.79 Å². The third kappa shape index (κ3) is 3.31. The fourth-order valence-electron chi connectivity index (χ4n) is 2.71. The number of amides is 1. The second kappa shape index (κ2) is 6.76. The molecule has 0 bridgehead atoms. The molecule has 1 aromatic rings. The molecule has 2 atom stereocenters. The van der Waals surface area contributed by atoms with Crippen LogP contribution in [0.2, 0.25) is 0 Å². The minimum atomic E-state index is -3.53. The average Bonchev–Trinajstić information content (AvgIpc) is 2.54. The maximum Gasteiger partial charge on any atom is 0.251 e. The van der Waals surface area contributed by atoms with Crippen molar-refractivity contribution >= 4 is 15.9 Å². The summed E-state index contributed by atoms with van der Waals surface area (Å²) in [4.78, 5) is 11.7. The third-order valence-electron chi connectivity index (χ3n) is 4.36. The Labute approximate surface area is 131 Å². The first-order valence-electron chi connectivity index (χ1n) is 7.42. The first kappa shape index (κ1) is 16.9. The number of nitrogens with one attached hydrogen (secondary N) is 1. The summed E-state index contributed by atoms with van der Waals surface area (Å²) in [6.45, 7) is 3.57. The minimum Gasteiger partial charge on any atom is -0.355 e. The van der Waals surface area contributed by atoms with Gasteiger partial charge in [-0.15, -0.1) is 0 Å². The van der Waals surface area contributed by atoms with Crippen LogP contribution in [0, 0.1) is 11.8 Å². The van der Waals surface area contributed by atoms with Gasteiger partial charge in [0.25, 0.3) is 5.91 Å². The van der Waals surface area contributed by atoms with Crippen molar-refractivity contribution < 1.29 is 13.2 Å². The van der Waals surface area contributed by atoms with Crippen molar-refractivity contribution in [3.63, 3.8) is 0 Å². The lowest BCUT2D eigenvalue weighted by atomic mass is 9.88. The van der Waals surface area contributed by atoms with Crippen LogP contribution < -0.4 is 11.1 Å². The Morgan fingerprint density at radius 3 is 2.55 bits per heavy atom. The zero-order valence-electron chi connectivity index (χ0n) is 13.0. The summed E-state index contributed by atoms with van der Waals surface area (Å²) in [6, 6.07) is 6.02. The van der Waals surface area contributed by atoms with Gasteiger partial charge >= 0.3 is 0 Å². The smallest absolute Gasteiger partial charge is 0.251 e. The predicted octanol–water partition coefficient (Wildman–Crippen LogP) is 0.652. The van der Waals surface area contributed by atoms with E-state index in [-0.39, 0.29) is 16.7 Å². The Balaban J connectivity index is 2.21. The summed E-state index contributed by atoms with van der Waals surface area (Å²) in [5, 5.41) is 2.51. The topological polar surface area (TPSA) is 92.5 Å². The quantitative estimate of drug-likeness (QED) is 0.850. The van der Waals surface area contributed by atoms with Crippen LogP contribution in [0.25, 0.3) is 0 Å². The van der Waals surface area contributed by atoms with Gasteiger partial charge in [0.1, 0.15) is 0 Å². The number of piperidine rings is 1. The van der Waals surface area contributed by atoms with Gasteiger partial charge in [-0.1, -0.05) is 6.92 Å². The van der Waals surface area contributed by atoms with Crippen molar-refractivity contribution in [1.29, 1.82) is 0 Å². The number of rotatable bonds is 4. The normalized spacial score (nSPS) is 23.2. The molecule has 1 fully saturated rings. The largest absolute Gasteiger partial charge is 0.355 e. The first-order chi connectivity index (χ1) is 10.4. The van der Waals surface area contributed by atoms with Crippen LogP contribution in [0.15, 0.2) is 29.2 Å². The van der Waals surface area contributed by atoms with Crippen molar-refractivity contribution in [1.82, 2.24) is 9.62 Å². The van der Waals surface area contributed by atoms with Crippen LogP contribution in [-0.2, 0) is 10.0 Å². The van der Waals surface area contributed by atoms with Crippen LogP contribution in [0.3, 0.4) is 0 Å². The molecule has 2 unspecified atom stereocenters. The number of carbonyl (C=O) groups excluding carboxylic acids is 1. The molecular formula is C15H23N3O3S. The van der Waals surface area contributed by atoms with Crippen molar-refractivity contribution in [3.05, 3.63) is 29.8 Å². The van der Waals surface area contributed by atoms with Gasteiger partial charge in [0, 0.05) is 25.7 Å². The summed E-state index contributed by atoms with van der Waals surface area (Å²) >= 11 is 0. The number of hydrogen-bond donors (Lipinski definition) is 2. The molecule has 22 heavy (non-hydrogen) atoms. The van der Waals surface area contributed by atoms with E-state index in [0.29, 0.717) is 31.1 Å². The molecule has 0 spiro atoms. The van der Waals surface area contributed by atoms with E-state index in [9.17, 15) is 13.2 Å². The fourth-order valence-corrected chi connectivity index (χ4v) is 4.22. The molecule has 6 nitrogen and oxygen atoms in total. The van der Waals surface area contributed by atoms with Crippen molar-refractivity contribution in [2.24, 2.45) is 17.6 Å².